The van der Waals surface area contributed by atoms with E-state index in [1.807, 2.05) is 0 Å². The fourth-order valence-corrected chi connectivity index (χ4v) is 0.0680. The van der Waals surface area contributed by atoms with Crippen molar-refractivity contribution < 1.29 is 9.53 Å². The highest BCUT2D eigenvalue weighted by Gasteiger charge is 1.75. The van der Waals surface area contributed by atoms with Crippen molar-refractivity contribution in [2.45, 2.75) is 11.8 Å². The van der Waals surface area contributed by atoms with Gasteiger partial charge in [0.15, 0.2) is 0 Å². The van der Waals surface area contributed by atoms with Crippen LogP contribution in [0.5, 0.6) is 0 Å². The zero-order valence-corrected chi connectivity index (χ0v) is 6.95. The van der Waals surface area contributed by atoms with E-state index < -0.39 is 0 Å². The topological polar surface area (TPSA) is 26.3 Å². The van der Waals surface area contributed by atoms with E-state index in [1.54, 1.807) is 6.92 Å². The fraction of sp³-hybridized carbons (Fsp3) is 0.800. The first kappa shape index (κ1) is 11.9. The second-order valence-corrected chi connectivity index (χ2v) is 2.67. The lowest BCUT2D eigenvalue weighted by Crippen LogP contribution is -1.84. The SMILES string of the molecule is CC(Cl)Cl.COCC=O. The molecule has 9 heavy (non-hydrogen) atoms. The molecule has 56 valence electrons. The molecule has 0 unspecified atom stereocenters. The molecule has 0 aromatic carbocycles. The number of carbonyl (C=O) groups excluding carboxylic acids is 1. The molecule has 0 atom stereocenters. The van der Waals surface area contributed by atoms with E-state index in [0.29, 0.717) is 6.29 Å². The number of methoxy groups -OCH3 is 1. The van der Waals surface area contributed by atoms with Gasteiger partial charge in [0.25, 0.3) is 0 Å². The second kappa shape index (κ2) is 11.1. The van der Waals surface area contributed by atoms with Crippen molar-refractivity contribution in [3.63, 3.8) is 0 Å². The van der Waals surface area contributed by atoms with E-state index in [9.17, 15) is 4.79 Å². The Hall–Kier alpha value is 0.210. The highest BCUT2D eigenvalue weighted by molar-refractivity contribution is 6.43. The summed E-state index contributed by atoms with van der Waals surface area (Å²) in [4.78, 5) is 9.06. The Morgan fingerprint density at radius 3 is 2.00 bits per heavy atom. The number of halogens is 2. The molecule has 0 saturated carbocycles. The van der Waals surface area contributed by atoms with Crippen molar-refractivity contribution in [3.05, 3.63) is 0 Å². The first-order valence-corrected chi connectivity index (χ1v) is 3.23. The number of ether oxygens (including phenoxy) is 1. The van der Waals surface area contributed by atoms with E-state index in [2.05, 4.69) is 4.74 Å². The number of alkyl halides is 2. The molecule has 0 aliphatic heterocycles. The first-order valence-electron chi connectivity index (χ1n) is 2.35. The molecular formula is C5H10Cl2O2. The van der Waals surface area contributed by atoms with Crippen molar-refractivity contribution in [2.24, 2.45) is 0 Å². The lowest BCUT2D eigenvalue weighted by Gasteiger charge is -1.76. The van der Waals surface area contributed by atoms with Crippen LogP contribution in [0.4, 0.5) is 0 Å². The lowest BCUT2D eigenvalue weighted by molar-refractivity contribution is -0.110. The Bertz CT molecular complexity index is 54.2. The average molecular weight is 173 g/mol. The van der Waals surface area contributed by atoms with Gasteiger partial charge in [-0.05, 0) is 6.92 Å². The molecule has 0 aromatic heterocycles. The molecule has 0 fully saturated rings. The van der Waals surface area contributed by atoms with Crippen LogP contribution in [0.3, 0.4) is 0 Å². The third-order valence-corrected chi connectivity index (χ3v) is 0.235. The van der Waals surface area contributed by atoms with Crippen LogP contribution in [-0.4, -0.2) is 24.8 Å². The van der Waals surface area contributed by atoms with Gasteiger partial charge in [-0.2, -0.15) is 0 Å². The number of aldehydes is 1. The molecule has 0 bridgehead atoms. The van der Waals surface area contributed by atoms with E-state index in [0.717, 1.165) is 0 Å². The highest BCUT2D eigenvalue weighted by Crippen LogP contribution is 1.95. The predicted molar refractivity (Wildman–Crippen MR) is 39.1 cm³/mol. The molecule has 0 N–H and O–H groups in total. The number of hydrogen-bond donors (Lipinski definition) is 0. The molecule has 0 aromatic rings. The smallest absolute Gasteiger partial charge is 0.145 e. The minimum absolute atomic E-state index is 0.208. The first-order chi connectivity index (χ1) is 4.15. The molecule has 0 saturated heterocycles. The van der Waals surface area contributed by atoms with Crippen LogP contribution in [-0.2, 0) is 9.53 Å². The summed E-state index contributed by atoms with van der Waals surface area (Å²) in [6, 6.07) is 0. The van der Waals surface area contributed by atoms with Crippen LogP contribution >= 0.6 is 23.2 Å². The van der Waals surface area contributed by atoms with Gasteiger partial charge in [0.2, 0.25) is 0 Å². The molecule has 2 nitrogen and oxygen atoms in total. The van der Waals surface area contributed by atoms with Crippen molar-refractivity contribution in [1.82, 2.24) is 0 Å². The number of hydrogen-bond acceptors (Lipinski definition) is 2. The maximum atomic E-state index is 9.28. The summed E-state index contributed by atoms with van der Waals surface area (Å²) in [6.45, 7) is 1.91. The molecule has 0 rings (SSSR count). The van der Waals surface area contributed by atoms with Gasteiger partial charge in [0, 0.05) is 7.11 Å². The molecule has 4 heteroatoms. The molecule has 0 radical (unpaired) electrons. The Kier molecular flexibility index (Phi) is 14.7. The van der Waals surface area contributed by atoms with Crippen molar-refractivity contribution in [2.75, 3.05) is 13.7 Å². The van der Waals surface area contributed by atoms with Gasteiger partial charge in [-0.25, -0.2) is 0 Å². The summed E-state index contributed by atoms with van der Waals surface area (Å²) < 4.78 is 4.32. The third-order valence-electron chi connectivity index (χ3n) is 0.235. The summed E-state index contributed by atoms with van der Waals surface area (Å²) in [7, 11) is 1.48. The van der Waals surface area contributed by atoms with Crippen molar-refractivity contribution in [3.8, 4) is 0 Å². The third kappa shape index (κ3) is 64.8. The van der Waals surface area contributed by atoms with E-state index in [4.69, 9.17) is 23.2 Å². The molecule has 0 heterocycles. The van der Waals surface area contributed by atoms with Gasteiger partial charge in [-0.15, -0.1) is 23.2 Å². The minimum Gasteiger partial charge on any atom is -0.377 e. The quantitative estimate of drug-likeness (QED) is 0.468. The Balaban J connectivity index is 0. The van der Waals surface area contributed by atoms with E-state index >= 15 is 0 Å². The van der Waals surface area contributed by atoms with Crippen molar-refractivity contribution >= 4 is 29.5 Å². The van der Waals surface area contributed by atoms with Crippen molar-refractivity contribution in [1.29, 1.82) is 0 Å². The Morgan fingerprint density at radius 2 is 2.00 bits per heavy atom. The van der Waals surface area contributed by atoms with Crippen LogP contribution in [0, 0.1) is 0 Å². The van der Waals surface area contributed by atoms with Crippen LogP contribution in [0.25, 0.3) is 0 Å². The number of carbonyl (C=O) groups is 1. The summed E-state index contributed by atoms with van der Waals surface area (Å²) in [5, 5.41) is 0. The lowest BCUT2D eigenvalue weighted by atomic mass is 10.8. The molecule has 0 spiro atoms. The average Bonchev–Trinajstić information content (AvgIpc) is 1.66. The van der Waals surface area contributed by atoms with Gasteiger partial charge in [-0.1, -0.05) is 0 Å². The second-order valence-electron chi connectivity index (χ2n) is 1.14. The van der Waals surface area contributed by atoms with Crippen LogP contribution < -0.4 is 0 Å². The zero-order chi connectivity index (χ0) is 7.70. The maximum absolute atomic E-state index is 9.28. The van der Waals surface area contributed by atoms with Crippen LogP contribution in [0.1, 0.15) is 6.92 Å². The molecule has 0 aliphatic carbocycles. The number of rotatable bonds is 2. The van der Waals surface area contributed by atoms with Gasteiger partial charge >= 0.3 is 0 Å². The minimum atomic E-state index is -0.222. The summed E-state index contributed by atoms with van der Waals surface area (Å²) in [5.41, 5.74) is 0. The summed E-state index contributed by atoms with van der Waals surface area (Å²) >= 11 is 10.1. The van der Waals surface area contributed by atoms with Gasteiger partial charge < -0.3 is 9.53 Å². The van der Waals surface area contributed by atoms with Crippen LogP contribution in [0.2, 0.25) is 0 Å². The molecule has 0 amide bonds. The van der Waals surface area contributed by atoms with Gasteiger partial charge in [0.1, 0.15) is 17.7 Å². The van der Waals surface area contributed by atoms with Crippen LogP contribution in [0.15, 0.2) is 0 Å². The fourth-order valence-electron chi connectivity index (χ4n) is 0.0680. The predicted octanol–water partition coefficient (Wildman–Crippen LogP) is 1.64. The monoisotopic (exact) mass is 172 g/mol. The normalized spacial score (nSPS) is 8.11. The Morgan fingerprint density at radius 1 is 1.67 bits per heavy atom. The molecule has 0 aliphatic rings. The Labute approximate surface area is 65.1 Å². The largest absolute Gasteiger partial charge is 0.377 e. The van der Waals surface area contributed by atoms with Gasteiger partial charge in [0.05, 0.1) is 0 Å². The summed E-state index contributed by atoms with van der Waals surface area (Å²) in [5.74, 6) is 0. The molecular weight excluding hydrogens is 163 g/mol. The summed E-state index contributed by atoms with van der Waals surface area (Å²) in [6.07, 6.45) is 0.708. The van der Waals surface area contributed by atoms with E-state index in [-0.39, 0.29) is 11.4 Å². The zero-order valence-electron chi connectivity index (χ0n) is 5.43. The standard InChI is InChI=1S/C3H6O2.C2H4Cl2/c1-5-3-2-4;1-2(3)4/h2H,3H2,1H3;2H,1H3. The maximum Gasteiger partial charge on any atom is 0.145 e. The highest BCUT2D eigenvalue weighted by atomic mass is 35.5. The van der Waals surface area contributed by atoms with E-state index in [1.165, 1.54) is 7.11 Å². The van der Waals surface area contributed by atoms with Gasteiger partial charge in [-0.3, -0.25) is 0 Å².